The van der Waals surface area contributed by atoms with Crippen molar-refractivity contribution in [1.29, 1.82) is 0 Å². The average Bonchev–Trinajstić information content (AvgIpc) is 3.09. The quantitative estimate of drug-likeness (QED) is 0.355. The van der Waals surface area contributed by atoms with Gasteiger partial charge in [-0.1, -0.05) is 36.4 Å². The highest BCUT2D eigenvalue weighted by Crippen LogP contribution is 2.29. The Labute approximate surface area is 192 Å². The average molecular weight is 447 g/mol. The molecule has 1 aromatic heterocycles. The molecule has 0 saturated heterocycles. The first-order valence-corrected chi connectivity index (χ1v) is 11.0. The number of benzene rings is 3. The van der Waals surface area contributed by atoms with Gasteiger partial charge in [0.15, 0.2) is 0 Å². The minimum atomic E-state index is -0.983. The second-order valence-electron chi connectivity index (χ2n) is 8.05. The second kappa shape index (κ2) is 9.88. The lowest BCUT2D eigenvalue weighted by Gasteiger charge is -2.10. The summed E-state index contributed by atoms with van der Waals surface area (Å²) in [5.74, 6) is -0.470. The number of fused-ring (bicyclic) bond motifs is 1. The van der Waals surface area contributed by atoms with Crippen LogP contribution in [-0.4, -0.2) is 22.2 Å². The van der Waals surface area contributed by atoms with Crippen molar-refractivity contribution >= 4 is 16.9 Å². The van der Waals surface area contributed by atoms with E-state index in [-0.39, 0.29) is 11.5 Å². The van der Waals surface area contributed by atoms with E-state index in [1.54, 1.807) is 12.1 Å². The third-order valence-electron chi connectivity index (χ3n) is 5.65. The van der Waals surface area contributed by atoms with Gasteiger partial charge in [-0.25, -0.2) is 9.18 Å². The van der Waals surface area contributed by atoms with E-state index in [9.17, 15) is 14.3 Å². The topological polar surface area (TPSA) is 63.5 Å². The molecule has 0 fully saturated rings. The lowest BCUT2D eigenvalue weighted by Crippen LogP contribution is -2.17. The van der Waals surface area contributed by atoms with Crippen LogP contribution in [0.5, 0.6) is 5.75 Å². The SMILES string of the molecule is CCOc1ccc(CNCc2c(C(=O)O)n(Cc3ccc(F)cc3)c3cc(C)ccc23)cc1. The number of hydrogen-bond donors (Lipinski definition) is 2. The summed E-state index contributed by atoms with van der Waals surface area (Å²) in [7, 11) is 0. The van der Waals surface area contributed by atoms with Crippen LogP contribution in [0.4, 0.5) is 4.39 Å². The molecule has 0 aliphatic rings. The molecule has 5 nitrogen and oxygen atoms in total. The molecule has 0 amide bonds. The number of aromatic carboxylic acids is 1. The van der Waals surface area contributed by atoms with Crippen LogP contribution >= 0.6 is 0 Å². The number of aromatic nitrogens is 1. The van der Waals surface area contributed by atoms with Crippen molar-refractivity contribution in [2.24, 2.45) is 0 Å². The smallest absolute Gasteiger partial charge is 0.352 e. The van der Waals surface area contributed by atoms with Crippen molar-refractivity contribution in [2.45, 2.75) is 33.5 Å². The van der Waals surface area contributed by atoms with Crippen molar-refractivity contribution in [1.82, 2.24) is 9.88 Å². The Kier molecular flexibility index (Phi) is 6.75. The molecule has 1 heterocycles. The Morgan fingerprint density at radius 1 is 1.00 bits per heavy atom. The summed E-state index contributed by atoms with van der Waals surface area (Å²) in [4.78, 5) is 12.4. The van der Waals surface area contributed by atoms with Crippen LogP contribution in [0.25, 0.3) is 10.9 Å². The number of carboxylic acids is 1. The highest BCUT2D eigenvalue weighted by Gasteiger charge is 2.22. The molecule has 0 spiro atoms. The van der Waals surface area contributed by atoms with E-state index < -0.39 is 5.97 Å². The van der Waals surface area contributed by atoms with Gasteiger partial charge in [-0.2, -0.15) is 0 Å². The Hall–Kier alpha value is -3.64. The molecule has 0 radical (unpaired) electrons. The van der Waals surface area contributed by atoms with Gasteiger partial charge in [0.05, 0.1) is 6.61 Å². The third-order valence-corrected chi connectivity index (χ3v) is 5.65. The van der Waals surface area contributed by atoms with Gasteiger partial charge in [0.2, 0.25) is 0 Å². The zero-order chi connectivity index (χ0) is 23.4. The number of ether oxygens (including phenoxy) is 1. The highest BCUT2D eigenvalue weighted by molar-refractivity contribution is 5.98. The maximum atomic E-state index is 13.4. The van der Waals surface area contributed by atoms with Gasteiger partial charge in [-0.3, -0.25) is 0 Å². The molecule has 4 rings (SSSR count). The minimum absolute atomic E-state index is 0.249. The maximum absolute atomic E-state index is 13.4. The van der Waals surface area contributed by atoms with E-state index in [0.717, 1.165) is 38.9 Å². The number of rotatable bonds is 9. The number of carbonyl (C=O) groups is 1. The summed E-state index contributed by atoms with van der Waals surface area (Å²) in [6.45, 7) is 5.91. The standard InChI is InChI=1S/C27H27FN2O3/c1-3-33-22-11-7-19(8-12-22)15-29-16-24-23-13-4-18(2)14-25(23)30(26(24)27(31)32)17-20-5-9-21(28)10-6-20/h4-14,29H,3,15-17H2,1-2H3,(H,31,32). The van der Waals surface area contributed by atoms with E-state index in [0.29, 0.717) is 26.2 Å². The van der Waals surface area contributed by atoms with Crippen LogP contribution in [0.2, 0.25) is 0 Å². The number of nitrogens with zero attached hydrogens (tertiary/aromatic N) is 1. The van der Waals surface area contributed by atoms with Crippen molar-refractivity contribution in [3.8, 4) is 5.75 Å². The monoisotopic (exact) mass is 446 g/mol. The number of carboxylic acid groups (broad SMARTS) is 1. The molecule has 0 bridgehead atoms. The van der Waals surface area contributed by atoms with Crippen LogP contribution in [0.1, 0.15) is 39.7 Å². The summed E-state index contributed by atoms with van der Waals surface area (Å²) in [5.41, 5.74) is 4.82. The van der Waals surface area contributed by atoms with E-state index in [1.807, 2.05) is 60.9 Å². The third kappa shape index (κ3) is 5.07. The van der Waals surface area contributed by atoms with Gasteiger partial charge in [-0.05, 0) is 60.9 Å². The van der Waals surface area contributed by atoms with Crippen molar-refractivity contribution in [3.63, 3.8) is 0 Å². The fraction of sp³-hybridized carbons (Fsp3) is 0.222. The zero-order valence-corrected chi connectivity index (χ0v) is 18.8. The Bertz CT molecular complexity index is 1260. The van der Waals surface area contributed by atoms with Crippen LogP contribution in [0.3, 0.4) is 0 Å². The van der Waals surface area contributed by atoms with Crippen LogP contribution in [0, 0.1) is 12.7 Å². The number of halogens is 1. The lowest BCUT2D eigenvalue weighted by molar-refractivity contribution is 0.0684. The fourth-order valence-corrected chi connectivity index (χ4v) is 4.09. The second-order valence-corrected chi connectivity index (χ2v) is 8.05. The van der Waals surface area contributed by atoms with E-state index in [1.165, 1.54) is 12.1 Å². The molecular weight excluding hydrogens is 419 g/mol. The first kappa shape index (κ1) is 22.6. The summed E-state index contributed by atoms with van der Waals surface area (Å²) in [6, 6.07) is 20.0. The Morgan fingerprint density at radius 2 is 1.70 bits per heavy atom. The molecule has 0 aliphatic carbocycles. The Morgan fingerprint density at radius 3 is 2.36 bits per heavy atom. The largest absolute Gasteiger partial charge is 0.494 e. The molecule has 0 aliphatic heterocycles. The summed E-state index contributed by atoms with van der Waals surface area (Å²) >= 11 is 0. The van der Waals surface area contributed by atoms with Gasteiger partial charge in [0.25, 0.3) is 0 Å². The van der Waals surface area contributed by atoms with Crippen LogP contribution in [-0.2, 0) is 19.6 Å². The molecule has 0 unspecified atom stereocenters. The predicted octanol–water partition coefficient (Wildman–Crippen LogP) is 5.52. The Balaban J connectivity index is 1.64. The molecule has 3 aromatic carbocycles. The number of hydrogen-bond acceptors (Lipinski definition) is 3. The van der Waals surface area contributed by atoms with Crippen molar-refractivity contribution in [2.75, 3.05) is 6.61 Å². The lowest BCUT2D eigenvalue weighted by atomic mass is 10.1. The highest BCUT2D eigenvalue weighted by atomic mass is 19.1. The first-order chi connectivity index (χ1) is 16.0. The number of nitrogens with one attached hydrogen (secondary N) is 1. The number of aryl methyl sites for hydroxylation is 1. The fourth-order valence-electron chi connectivity index (χ4n) is 4.09. The molecule has 33 heavy (non-hydrogen) atoms. The van der Waals surface area contributed by atoms with Crippen LogP contribution in [0.15, 0.2) is 66.7 Å². The summed E-state index contributed by atoms with van der Waals surface area (Å²) in [6.07, 6.45) is 0. The van der Waals surface area contributed by atoms with E-state index >= 15 is 0 Å². The van der Waals surface area contributed by atoms with Gasteiger partial charge in [-0.15, -0.1) is 0 Å². The molecular formula is C27H27FN2O3. The van der Waals surface area contributed by atoms with E-state index in [2.05, 4.69) is 5.32 Å². The van der Waals surface area contributed by atoms with Crippen molar-refractivity contribution in [3.05, 3.63) is 100 Å². The van der Waals surface area contributed by atoms with Gasteiger partial charge >= 0.3 is 5.97 Å². The van der Waals surface area contributed by atoms with E-state index in [4.69, 9.17) is 4.74 Å². The maximum Gasteiger partial charge on any atom is 0.352 e. The van der Waals surface area contributed by atoms with Crippen molar-refractivity contribution < 1.29 is 19.0 Å². The minimum Gasteiger partial charge on any atom is -0.494 e. The summed E-state index contributed by atoms with van der Waals surface area (Å²) in [5, 5.41) is 14.4. The van der Waals surface area contributed by atoms with Gasteiger partial charge < -0.3 is 19.7 Å². The normalized spacial score (nSPS) is 11.1. The summed E-state index contributed by atoms with van der Waals surface area (Å²) < 4.78 is 20.7. The molecule has 0 saturated carbocycles. The van der Waals surface area contributed by atoms with Gasteiger partial charge in [0, 0.05) is 36.1 Å². The molecule has 0 atom stereocenters. The molecule has 170 valence electrons. The van der Waals surface area contributed by atoms with Crippen LogP contribution < -0.4 is 10.1 Å². The van der Waals surface area contributed by atoms with Gasteiger partial charge in [0.1, 0.15) is 17.3 Å². The predicted molar refractivity (Wildman–Crippen MR) is 127 cm³/mol. The molecule has 4 aromatic rings. The first-order valence-electron chi connectivity index (χ1n) is 11.0. The molecule has 2 N–H and O–H groups in total. The molecule has 6 heteroatoms. The zero-order valence-electron chi connectivity index (χ0n) is 18.8.